The number of carbonyl (C=O) groups excluding carboxylic acids is 2. The quantitative estimate of drug-likeness (QED) is 0.820. The van der Waals surface area contributed by atoms with E-state index in [0.29, 0.717) is 24.2 Å². The minimum absolute atomic E-state index is 0.188. The van der Waals surface area contributed by atoms with Crippen LogP contribution in [0.1, 0.15) is 28.2 Å². The zero-order chi connectivity index (χ0) is 17.7. The monoisotopic (exact) mass is 331 g/mol. The number of hydrogen-bond donors (Lipinski definition) is 1. The van der Waals surface area contributed by atoms with Crippen LogP contribution in [0.3, 0.4) is 0 Å². The Kier molecular flexibility index (Phi) is 5.57. The van der Waals surface area contributed by atoms with E-state index in [9.17, 15) is 9.59 Å². The Morgan fingerprint density at radius 1 is 1.21 bits per heavy atom. The van der Waals surface area contributed by atoms with Gasteiger partial charge in [0.15, 0.2) is 5.69 Å². The van der Waals surface area contributed by atoms with Crippen LogP contribution >= 0.6 is 0 Å². The number of ether oxygens (including phenoxy) is 2. The highest BCUT2D eigenvalue weighted by Gasteiger charge is 2.22. The van der Waals surface area contributed by atoms with E-state index in [4.69, 9.17) is 9.47 Å². The Morgan fingerprint density at radius 3 is 2.46 bits per heavy atom. The van der Waals surface area contributed by atoms with Crippen molar-refractivity contribution in [2.75, 3.05) is 19.5 Å². The number of methoxy groups -OCH3 is 2. The Bertz CT molecular complexity index is 735. The molecule has 1 aromatic heterocycles. The number of anilines is 1. The highest BCUT2D eigenvalue weighted by atomic mass is 16.5. The largest absolute Gasteiger partial charge is 0.497 e. The number of nitrogens with one attached hydrogen (secondary N) is 1. The maximum Gasteiger partial charge on any atom is 0.358 e. The number of amides is 1. The van der Waals surface area contributed by atoms with Gasteiger partial charge in [-0.25, -0.2) is 4.79 Å². The second-order valence-electron chi connectivity index (χ2n) is 5.32. The molecule has 1 aromatic carbocycles. The number of esters is 1. The van der Waals surface area contributed by atoms with Crippen molar-refractivity contribution in [3.05, 3.63) is 41.2 Å². The predicted molar refractivity (Wildman–Crippen MR) is 89.2 cm³/mol. The van der Waals surface area contributed by atoms with Gasteiger partial charge in [0, 0.05) is 13.5 Å². The van der Waals surface area contributed by atoms with Gasteiger partial charge < -0.3 is 14.8 Å². The third kappa shape index (κ3) is 3.92. The van der Waals surface area contributed by atoms with E-state index < -0.39 is 5.97 Å². The second kappa shape index (κ2) is 7.63. The smallest absolute Gasteiger partial charge is 0.358 e. The number of nitrogens with zero attached hydrogens (tertiary/aromatic N) is 2. The molecule has 7 heteroatoms. The normalized spacial score (nSPS) is 10.3. The summed E-state index contributed by atoms with van der Waals surface area (Å²) >= 11 is 0. The molecule has 0 unspecified atom stereocenters. The molecule has 0 saturated heterocycles. The van der Waals surface area contributed by atoms with Crippen molar-refractivity contribution in [1.82, 2.24) is 9.78 Å². The first-order valence-corrected chi connectivity index (χ1v) is 7.51. The standard InChI is InChI=1S/C17H21N3O4/c1-11-15(16(17(22)24-4)20(2)19-11)18-14(21)10-7-12-5-8-13(23-3)9-6-12/h5-6,8-9H,7,10H2,1-4H3,(H,18,21). The third-order valence-corrected chi connectivity index (χ3v) is 3.67. The molecule has 0 aliphatic heterocycles. The average molecular weight is 331 g/mol. The molecule has 0 atom stereocenters. The van der Waals surface area contributed by atoms with Crippen molar-refractivity contribution in [1.29, 1.82) is 0 Å². The summed E-state index contributed by atoms with van der Waals surface area (Å²) in [6.45, 7) is 1.73. The van der Waals surface area contributed by atoms with Gasteiger partial charge in [0.2, 0.25) is 5.91 Å². The third-order valence-electron chi connectivity index (χ3n) is 3.67. The molecule has 7 nitrogen and oxygen atoms in total. The van der Waals surface area contributed by atoms with E-state index in [2.05, 4.69) is 10.4 Å². The molecule has 0 saturated carbocycles. The zero-order valence-corrected chi connectivity index (χ0v) is 14.3. The van der Waals surface area contributed by atoms with Gasteiger partial charge in [-0.15, -0.1) is 0 Å². The number of aromatic nitrogens is 2. The van der Waals surface area contributed by atoms with Crippen molar-refractivity contribution in [2.24, 2.45) is 7.05 Å². The van der Waals surface area contributed by atoms with Crippen LogP contribution < -0.4 is 10.1 Å². The van der Waals surface area contributed by atoms with Crippen LogP contribution in [0.2, 0.25) is 0 Å². The Balaban J connectivity index is 2.03. The van der Waals surface area contributed by atoms with Crippen LogP contribution in [-0.4, -0.2) is 35.9 Å². The number of hydrogen-bond acceptors (Lipinski definition) is 5. The summed E-state index contributed by atoms with van der Waals surface area (Å²) in [7, 11) is 4.53. The molecular weight excluding hydrogens is 310 g/mol. The first-order chi connectivity index (χ1) is 11.5. The number of benzene rings is 1. The van der Waals surface area contributed by atoms with Crippen molar-refractivity contribution in [3.8, 4) is 5.75 Å². The van der Waals surface area contributed by atoms with E-state index in [1.165, 1.54) is 11.8 Å². The Morgan fingerprint density at radius 2 is 1.88 bits per heavy atom. The van der Waals surface area contributed by atoms with Crippen LogP contribution in [0.25, 0.3) is 0 Å². The summed E-state index contributed by atoms with van der Waals surface area (Å²) < 4.78 is 11.2. The first-order valence-electron chi connectivity index (χ1n) is 7.51. The molecule has 1 amide bonds. The molecule has 1 N–H and O–H groups in total. The lowest BCUT2D eigenvalue weighted by atomic mass is 10.1. The summed E-state index contributed by atoms with van der Waals surface area (Å²) in [5.41, 5.74) is 2.22. The lowest BCUT2D eigenvalue weighted by Gasteiger charge is -2.07. The Labute approximate surface area is 140 Å². The van der Waals surface area contributed by atoms with E-state index in [1.807, 2.05) is 24.3 Å². The van der Waals surface area contributed by atoms with Crippen molar-refractivity contribution in [3.63, 3.8) is 0 Å². The van der Waals surface area contributed by atoms with Gasteiger partial charge in [0.25, 0.3) is 0 Å². The maximum atomic E-state index is 12.2. The fourth-order valence-corrected chi connectivity index (χ4v) is 2.39. The molecular formula is C17H21N3O4. The first kappa shape index (κ1) is 17.5. The topological polar surface area (TPSA) is 82.4 Å². The van der Waals surface area contributed by atoms with Crippen molar-refractivity contribution >= 4 is 17.6 Å². The van der Waals surface area contributed by atoms with Gasteiger partial charge in [0.1, 0.15) is 5.75 Å². The molecule has 0 bridgehead atoms. The fourth-order valence-electron chi connectivity index (χ4n) is 2.39. The van der Waals surface area contributed by atoms with Gasteiger partial charge in [-0.3, -0.25) is 9.48 Å². The van der Waals surface area contributed by atoms with Crippen LogP contribution in [0.5, 0.6) is 5.75 Å². The maximum absolute atomic E-state index is 12.2. The molecule has 1 heterocycles. The zero-order valence-electron chi connectivity index (χ0n) is 14.3. The summed E-state index contributed by atoms with van der Waals surface area (Å²) in [5.74, 6) is 0.0486. The lowest BCUT2D eigenvalue weighted by Crippen LogP contribution is -2.17. The molecule has 128 valence electrons. The van der Waals surface area contributed by atoms with Gasteiger partial charge in [-0.2, -0.15) is 5.10 Å². The Hall–Kier alpha value is -2.83. The molecule has 2 rings (SSSR count). The number of rotatable bonds is 6. The second-order valence-corrected chi connectivity index (χ2v) is 5.32. The SMILES string of the molecule is COC(=O)c1c(NC(=O)CCc2ccc(OC)cc2)c(C)nn1C. The summed E-state index contributed by atoms with van der Waals surface area (Å²) in [5, 5.41) is 6.92. The van der Waals surface area contributed by atoms with Crippen LogP contribution in [0.4, 0.5) is 5.69 Å². The van der Waals surface area contributed by atoms with Gasteiger partial charge >= 0.3 is 5.97 Å². The van der Waals surface area contributed by atoms with E-state index in [0.717, 1.165) is 11.3 Å². The summed E-state index contributed by atoms with van der Waals surface area (Å²) in [6, 6.07) is 7.55. The highest BCUT2D eigenvalue weighted by molar-refractivity contribution is 6.00. The lowest BCUT2D eigenvalue weighted by molar-refractivity contribution is -0.116. The molecule has 0 aliphatic carbocycles. The van der Waals surface area contributed by atoms with E-state index >= 15 is 0 Å². The average Bonchev–Trinajstić information content (AvgIpc) is 2.86. The number of carbonyl (C=O) groups is 2. The minimum atomic E-state index is -0.538. The van der Waals surface area contributed by atoms with Crippen molar-refractivity contribution in [2.45, 2.75) is 19.8 Å². The van der Waals surface area contributed by atoms with Crippen molar-refractivity contribution < 1.29 is 19.1 Å². The van der Waals surface area contributed by atoms with Crippen LogP contribution in [0.15, 0.2) is 24.3 Å². The molecule has 0 aliphatic rings. The molecule has 24 heavy (non-hydrogen) atoms. The molecule has 0 radical (unpaired) electrons. The van der Waals surface area contributed by atoms with Crippen LogP contribution in [0, 0.1) is 6.92 Å². The number of aryl methyl sites for hydroxylation is 3. The van der Waals surface area contributed by atoms with E-state index in [1.54, 1.807) is 21.1 Å². The molecule has 0 fully saturated rings. The fraction of sp³-hybridized carbons (Fsp3) is 0.353. The van der Waals surface area contributed by atoms with Gasteiger partial charge in [0.05, 0.1) is 25.6 Å². The molecule has 2 aromatic rings. The predicted octanol–water partition coefficient (Wildman–Crippen LogP) is 2.10. The van der Waals surface area contributed by atoms with Gasteiger partial charge in [-0.1, -0.05) is 12.1 Å². The van der Waals surface area contributed by atoms with E-state index in [-0.39, 0.29) is 11.6 Å². The minimum Gasteiger partial charge on any atom is -0.497 e. The van der Waals surface area contributed by atoms with Gasteiger partial charge in [-0.05, 0) is 31.0 Å². The highest BCUT2D eigenvalue weighted by Crippen LogP contribution is 2.21. The van der Waals surface area contributed by atoms with Crippen LogP contribution in [-0.2, 0) is 23.0 Å². The summed E-state index contributed by atoms with van der Waals surface area (Å²) in [6.07, 6.45) is 0.879. The molecule has 0 spiro atoms. The summed E-state index contributed by atoms with van der Waals surface area (Å²) in [4.78, 5) is 24.1.